The van der Waals surface area contributed by atoms with Crippen molar-refractivity contribution in [2.75, 3.05) is 45.5 Å². The fraction of sp³-hybridized carbons (Fsp3) is 0.950. The van der Waals surface area contributed by atoms with Crippen molar-refractivity contribution in [1.29, 1.82) is 0 Å². The Morgan fingerprint density at radius 1 is 0.865 bits per heavy atom. The highest BCUT2D eigenvalue weighted by Crippen LogP contribution is 2.89. The lowest BCUT2D eigenvalue weighted by Crippen LogP contribution is -2.60. The summed E-state index contributed by atoms with van der Waals surface area (Å²) in [5.74, 6) is 1.53. The van der Waals surface area contributed by atoms with Gasteiger partial charge in [0, 0.05) is 50.1 Å². The smallest absolute Gasteiger partial charge is 0.410 e. The van der Waals surface area contributed by atoms with Crippen LogP contribution in [0.15, 0.2) is 0 Å². The molecule has 0 aromatic heterocycles. The molecule has 2 spiro atoms. The van der Waals surface area contributed by atoms with Gasteiger partial charge in [-0.1, -0.05) is 48.5 Å². The van der Waals surface area contributed by atoms with Crippen molar-refractivity contribution >= 4 is 22.2 Å². The van der Waals surface area contributed by atoms with Crippen LogP contribution in [0.5, 0.6) is 0 Å². The van der Waals surface area contributed by atoms with Crippen LogP contribution in [0.3, 0.4) is 0 Å². The van der Waals surface area contributed by atoms with Crippen LogP contribution in [-0.2, 0) is 24.2 Å². The Morgan fingerprint density at radius 3 is 2.12 bits per heavy atom. The molecule has 1 N–H and O–H groups in total. The topological polar surface area (TPSA) is 126 Å². The van der Waals surface area contributed by atoms with E-state index in [-0.39, 0.29) is 75.5 Å². The molecule has 5 saturated carbocycles. The number of piperazine rings is 1. The number of aliphatic hydroxyl groups is 1. The van der Waals surface area contributed by atoms with Crippen molar-refractivity contribution in [2.24, 2.45) is 56.7 Å². The first-order valence-electron chi connectivity index (χ1n) is 20.5. The summed E-state index contributed by atoms with van der Waals surface area (Å²) in [6.07, 6.45) is 8.36. The molecule has 13 atom stereocenters. The van der Waals surface area contributed by atoms with Crippen molar-refractivity contribution in [2.45, 2.75) is 137 Å². The lowest BCUT2D eigenvalue weighted by molar-refractivity contribution is -0.185. The van der Waals surface area contributed by atoms with E-state index in [2.05, 4.69) is 48.5 Å². The lowest BCUT2D eigenvalue weighted by atomic mass is 9.41. The predicted octanol–water partition coefficient (Wildman–Crippen LogP) is 5.75. The maximum atomic E-state index is 13.4. The van der Waals surface area contributed by atoms with E-state index in [4.69, 9.17) is 14.2 Å². The molecule has 0 radical (unpaired) electrons. The number of rotatable bonds is 5. The molecular weight excluding hydrogens is 683 g/mol. The number of likely N-dealkylation sites (tertiary alicyclic amines) is 1. The molecule has 294 valence electrons. The van der Waals surface area contributed by atoms with Crippen LogP contribution < -0.4 is 0 Å². The summed E-state index contributed by atoms with van der Waals surface area (Å²) in [6, 6.07) is 0. The summed E-state index contributed by atoms with van der Waals surface area (Å²) < 4.78 is 45.0. The Hall–Kier alpha value is -1.63. The molecule has 0 aromatic rings. The van der Waals surface area contributed by atoms with E-state index in [1.807, 2.05) is 0 Å². The van der Waals surface area contributed by atoms with E-state index >= 15 is 0 Å². The standard InChI is InChI=1S/C40H65N3O8S/c1-24(2)31(51-35(46)41-16-9-17-41)26-22-25(3)30-32(49-26)33(44)38(7)28-11-10-27-36(4,5)29(12-13-39(27)23-40(28,39)15-14-37(30,38)6)50-34(45)42-18-20-43(21-19-42)52(8,47)48/h24-33,44H,9-23H2,1-8H3/t25-,26?,27+,28?,29+,30+,31-,32?,33+,37-,38-,39-,40?/m1/s1. The van der Waals surface area contributed by atoms with Crippen LogP contribution >= 0.6 is 0 Å². The highest BCUT2D eigenvalue weighted by molar-refractivity contribution is 7.88. The number of hydrogen-bond acceptors (Lipinski definition) is 8. The van der Waals surface area contributed by atoms with E-state index in [0.717, 1.165) is 58.0 Å². The fourth-order valence-corrected chi connectivity index (χ4v) is 15.3. The van der Waals surface area contributed by atoms with E-state index in [9.17, 15) is 23.1 Å². The number of carbonyl (C=O) groups excluding carboxylic acids is 2. The Labute approximate surface area is 311 Å². The van der Waals surface area contributed by atoms with E-state index in [1.54, 1.807) is 9.80 Å². The zero-order chi connectivity index (χ0) is 37.4. The first-order valence-corrected chi connectivity index (χ1v) is 22.4. The molecule has 2 amide bonds. The van der Waals surface area contributed by atoms with Gasteiger partial charge in [-0.05, 0) is 104 Å². The van der Waals surface area contributed by atoms with Crippen LogP contribution in [0.2, 0.25) is 0 Å². The molecule has 4 unspecified atom stereocenters. The summed E-state index contributed by atoms with van der Waals surface area (Å²) in [5.41, 5.74) is -0.154. The minimum atomic E-state index is -3.27. The molecule has 3 heterocycles. The van der Waals surface area contributed by atoms with Crippen LogP contribution in [0.4, 0.5) is 9.59 Å². The van der Waals surface area contributed by atoms with Crippen molar-refractivity contribution in [3.63, 3.8) is 0 Å². The molecule has 8 aliphatic rings. The second-order valence-corrected chi connectivity index (χ2v) is 22.0. The molecule has 8 rings (SSSR count). The van der Waals surface area contributed by atoms with E-state index in [0.29, 0.717) is 43.9 Å². The zero-order valence-electron chi connectivity index (χ0n) is 32.9. The SMILES string of the molecule is CC(C)[C@@H](OC(=O)N1CCC1)C1C[C@@H](C)[C@H]2C(O1)[C@H](O)[C@@]1(C)C3CC[C@H]4C(C)(C)[C@@H](OC(=O)N5CCN(S(C)(=O)=O)CC5)CC[C@@]45CC35CC[C@]21C. The molecule has 12 heteroatoms. The highest BCUT2D eigenvalue weighted by atomic mass is 32.2. The largest absolute Gasteiger partial charge is 0.446 e. The van der Waals surface area contributed by atoms with E-state index in [1.165, 1.54) is 23.4 Å². The minimum Gasteiger partial charge on any atom is -0.446 e. The summed E-state index contributed by atoms with van der Waals surface area (Å²) >= 11 is 0. The number of ether oxygens (including phenoxy) is 3. The predicted molar refractivity (Wildman–Crippen MR) is 196 cm³/mol. The number of aliphatic hydroxyl groups excluding tert-OH is 1. The summed E-state index contributed by atoms with van der Waals surface area (Å²) in [6.45, 7) is 18.9. The summed E-state index contributed by atoms with van der Waals surface area (Å²) in [7, 11) is -3.27. The van der Waals surface area contributed by atoms with Crippen molar-refractivity contribution in [3.8, 4) is 0 Å². The monoisotopic (exact) mass is 747 g/mol. The quantitative estimate of drug-likeness (QED) is 0.377. The van der Waals surface area contributed by atoms with Gasteiger partial charge in [0.25, 0.3) is 0 Å². The summed E-state index contributed by atoms with van der Waals surface area (Å²) in [5, 5.41) is 12.7. The first-order chi connectivity index (χ1) is 24.3. The first kappa shape index (κ1) is 37.3. The number of amides is 2. The number of fused-ring (bicyclic) bond motifs is 4. The van der Waals surface area contributed by atoms with Gasteiger partial charge in [0.15, 0.2) is 0 Å². The molecule has 3 aliphatic heterocycles. The van der Waals surface area contributed by atoms with Crippen LogP contribution in [-0.4, -0.2) is 116 Å². The molecule has 0 bridgehead atoms. The zero-order valence-corrected chi connectivity index (χ0v) is 33.8. The van der Waals surface area contributed by atoms with Crippen molar-refractivity contribution < 1.29 is 37.3 Å². The van der Waals surface area contributed by atoms with Gasteiger partial charge in [-0.3, -0.25) is 0 Å². The van der Waals surface area contributed by atoms with E-state index < -0.39 is 16.1 Å². The Kier molecular flexibility index (Phi) is 8.74. The third-order valence-electron chi connectivity index (χ3n) is 17.3. The Balaban J connectivity index is 0.990. The maximum Gasteiger partial charge on any atom is 0.410 e. The normalized spacial score (nSPS) is 47.2. The fourth-order valence-electron chi connectivity index (χ4n) is 14.5. The highest BCUT2D eigenvalue weighted by Gasteiger charge is 2.84. The van der Waals surface area contributed by atoms with Gasteiger partial charge >= 0.3 is 12.2 Å². The van der Waals surface area contributed by atoms with Crippen molar-refractivity contribution in [3.05, 3.63) is 0 Å². The van der Waals surface area contributed by atoms with Gasteiger partial charge in [-0.15, -0.1) is 0 Å². The average Bonchev–Trinajstić information content (AvgIpc) is 3.68. The number of carbonyl (C=O) groups is 2. The number of nitrogens with zero attached hydrogens (tertiary/aromatic N) is 3. The molecule has 0 aromatic carbocycles. The second-order valence-electron chi connectivity index (χ2n) is 20.0. The summed E-state index contributed by atoms with van der Waals surface area (Å²) in [4.78, 5) is 29.9. The van der Waals surface area contributed by atoms with Crippen LogP contribution in [0.1, 0.15) is 106 Å². The van der Waals surface area contributed by atoms with Gasteiger partial charge in [-0.2, -0.15) is 4.31 Å². The van der Waals surface area contributed by atoms with Gasteiger partial charge in [-0.25, -0.2) is 18.0 Å². The third-order valence-corrected chi connectivity index (χ3v) is 18.7. The molecular formula is C40H65N3O8S. The third kappa shape index (κ3) is 5.07. The van der Waals surface area contributed by atoms with Gasteiger partial charge in [0.05, 0.1) is 24.6 Å². The minimum absolute atomic E-state index is 0.0565. The molecule has 11 nitrogen and oxygen atoms in total. The Bertz CT molecular complexity index is 1560. The van der Waals surface area contributed by atoms with Gasteiger partial charge in [0.1, 0.15) is 12.2 Å². The second kappa shape index (κ2) is 12.2. The number of sulfonamides is 1. The van der Waals surface area contributed by atoms with Crippen LogP contribution in [0, 0.1) is 56.7 Å². The molecule has 52 heavy (non-hydrogen) atoms. The van der Waals surface area contributed by atoms with Crippen molar-refractivity contribution in [1.82, 2.24) is 14.1 Å². The van der Waals surface area contributed by atoms with Gasteiger partial charge < -0.3 is 29.1 Å². The number of hydrogen-bond donors (Lipinski definition) is 1. The van der Waals surface area contributed by atoms with Crippen LogP contribution in [0.25, 0.3) is 0 Å². The Morgan fingerprint density at radius 2 is 1.50 bits per heavy atom. The molecule has 3 saturated heterocycles. The molecule has 5 aliphatic carbocycles. The lowest BCUT2D eigenvalue weighted by Gasteiger charge is -2.63. The maximum absolute atomic E-state index is 13.4. The molecule has 8 fully saturated rings. The van der Waals surface area contributed by atoms with Gasteiger partial charge in [0.2, 0.25) is 10.0 Å². The average molecular weight is 748 g/mol.